The predicted molar refractivity (Wildman–Crippen MR) is 133 cm³/mol. The molecule has 0 aromatic heterocycles. The Bertz CT molecular complexity index is 1080. The summed E-state index contributed by atoms with van der Waals surface area (Å²) in [6.07, 6.45) is 1.45. The van der Waals surface area contributed by atoms with Crippen LogP contribution in [0.3, 0.4) is 0 Å². The Morgan fingerprint density at radius 2 is 1.79 bits per heavy atom. The Kier molecular flexibility index (Phi) is 7.26. The maximum absolute atomic E-state index is 17.6. The number of fused-ring (bicyclic) bond motifs is 5. The second kappa shape index (κ2) is 9.65. The lowest BCUT2D eigenvalue weighted by atomic mass is 9.43. The van der Waals surface area contributed by atoms with Gasteiger partial charge in [-0.3, -0.25) is 19.2 Å². The summed E-state index contributed by atoms with van der Waals surface area (Å²) in [7, 11) is 0. The van der Waals surface area contributed by atoms with E-state index >= 15 is 4.39 Å². The molecule has 0 saturated heterocycles. The molecule has 4 rings (SSSR count). The van der Waals surface area contributed by atoms with Gasteiger partial charge in [-0.25, -0.2) is 4.39 Å². The molecule has 4 aliphatic rings. The molecule has 0 aromatic rings. The molecule has 2 unspecified atom stereocenters. The summed E-state index contributed by atoms with van der Waals surface area (Å²) in [4.78, 5) is 62.5. The predicted octanol–water partition coefficient (Wildman–Crippen LogP) is 3.47. The first kappa shape index (κ1) is 28.6. The van der Waals surface area contributed by atoms with Gasteiger partial charge >= 0.3 is 11.9 Å². The molecule has 210 valence electrons. The van der Waals surface area contributed by atoms with E-state index in [0.717, 1.165) is 0 Å². The normalized spacial score (nSPS) is 43.7. The molecule has 0 aromatic carbocycles. The van der Waals surface area contributed by atoms with Crippen molar-refractivity contribution in [3.63, 3.8) is 0 Å². The van der Waals surface area contributed by atoms with Crippen LogP contribution in [0.1, 0.15) is 79.6 Å². The van der Waals surface area contributed by atoms with Crippen molar-refractivity contribution in [3.8, 4) is 0 Å². The summed E-state index contributed by atoms with van der Waals surface area (Å²) in [5, 5.41) is 11.6. The summed E-state index contributed by atoms with van der Waals surface area (Å²) in [5.74, 6) is -4.69. The minimum atomic E-state index is -2.15. The summed E-state index contributed by atoms with van der Waals surface area (Å²) in [6, 6.07) is 0. The van der Waals surface area contributed by atoms with Crippen molar-refractivity contribution >= 4 is 29.8 Å². The SMILES string of the molecule is CCC(=O)OCC(=O)C1(OC(=O)CC)[C@@H](C)C[C@H]2[C@@H]3CCC4=CC(=O)C(C=O)C[C@]4(C)[C@@]3(F)[C@@H](O)C[C@@]21C. The number of hydrogen-bond donors (Lipinski definition) is 1. The van der Waals surface area contributed by atoms with Crippen LogP contribution in [0.25, 0.3) is 0 Å². The Balaban J connectivity index is 1.81. The monoisotopic (exact) mass is 534 g/mol. The highest BCUT2D eigenvalue weighted by molar-refractivity contribution is 6.02. The Hall–Kier alpha value is -2.42. The van der Waals surface area contributed by atoms with E-state index in [2.05, 4.69) is 0 Å². The number of halogens is 1. The summed E-state index contributed by atoms with van der Waals surface area (Å²) in [6.45, 7) is 7.90. The number of esters is 2. The molecule has 9 heteroatoms. The first-order valence-corrected chi connectivity index (χ1v) is 13.7. The van der Waals surface area contributed by atoms with Crippen molar-refractivity contribution in [3.05, 3.63) is 11.6 Å². The van der Waals surface area contributed by atoms with Crippen molar-refractivity contribution in [2.45, 2.75) is 96.9 Å². The van der Waals surface area contributed by atoms with Crippen LogP contribution >= 0.6 is 0 Å². The second-order valence-electron chi connectivity index (χ2n) is 12.1. The highest BCUT2D eigenvalue weighted by atomic mass is 19.1. The lowest BCUT2D eigenvalue weighted by Gasteiger charge is -2.64. The molecular weight excluding hydrogens is 495 g/mol. The first-order chi connectivity index (χ1) is 17.8. The third-order valence-electron chi connectivity index (χ3n) is 10.5. The van der Waals surface area contributed by atoms with Crippen LogP contribution in [0.2, 0.25) is 0 Å². The van der Waals surface area contributed by atoms with Crippen LogP contribution in [0.4, 0.5) is 4.39 Å². The lowest BCUT2D eigenvalue weighted by molar-refractivity contribution is -0.236. The number of Topliss-reactive ketones (excluding diaryl/α,β-unsaturated/α-hetero) is 1. The number of allylic oxidation sites excluding steroid dienone is 1. The summed E-state index contributed by atoms with van der Waals surface area (Å²) in [5.41, 5.74) is -5.60. The fourth-order valence-electron chi connectivity index (χ4n) is 8.60. The zero-order valence-electron chi connectivity index (χ0n) is 22.9. The molecule has 0 bridgehead atoms. The molecule has 8 nitrogen and oxygen atoms in total. The van der Waals surface area contributed by atoms with Gasteiger partial charge in [0.2, 0.25) is 5.78 Å². The van der Waals surface area contributed by atoms with Gasteiger partial charge in [0.1, 0.15) is 12.0 Å². The minimum Gasteiger partial charge on any atom is -0.457 e. The smallest absolute Gasteiger partial charge is 0.306 e. The van der Waals surface area contributed by atoms with Gasteiger partial charge in [0.05, 0.1) is 12.0 Å². The fourth-order valence-corrected chi connectivity index (χ4v) is 8.60. The van der Waals surface area contributed by atoms with Crippen molar-refractivity contribution in [2.75, 3.05) is 6.61 Å². The third kappa shape index (κ3) is 3.67. The van der Waals surface area contributed by atoms with Crippen LogP contribution < -0.4 is 0 Å². The summed E-state index contributed by atoms with van der Waals surface area (Å²) >= 11 is 0. The number of hydrogen-bond acceptors (Lipinski definition) is 8. The Labute approximate surface area is 222 Å². The number of aliphatic hydroxyl groups excluding tert-OH is 1. The van der Waals surface area contributed by atoms with E-state index in [1.54, 1.807) is 34.6 Å². The topological polar surface area (TPSA) is 124 Å². The van der Waals surface area contributed by atoms with Crippen molar-refractivity contribution < 1.29 is 42.9 Å². The number of ether oxygens (including phenoxy) is 2. The molecule has 9 atom stereocenters. The van der Waals surface area contributed by atoms with Crippen LogP contribution in [0.15, 0.2) is 11.6 Å². The van der Waals surface area contributed by atoms with Crippen molar-refractivity contribution in [2.24, 2.45) is 34.5 Å². The average Bonchev–Trinajstić information content (AvgIpc) is 3.09. The maximum Gasteiger partial charge on any atom is 0.306 e. The molecule has 1 N–H and O–H groups in total. The van der Waals surface area contributed by atoms with Gasteiger partial charge in [0, 0.05) is 35.5 Å². The lowest BCUT2D eigenvalue weighted by Crippen LogP contribution is -2.70. The van der Waals surface area contributed by atoms with Gasteiger partial charge in [0.15, 0.2) is 18.0 Å². The summed E-state index contributed by atoms with van der Waals surface area (Å²) < 4.78 is 28.8. The van der Waals surface area contributed by atoms with E-state index < -0.39 is 76.2 Å². The van der Waals surface area contributed by atoms with E-state index in [-0.39, 0.29) is 31.5 Å². The second-order valence-corrected chi connectivity index (χ2v) is 12.1. The number of carbonyl (C=O) groups excluding carboxylic acids is 5. The number of aliphatic hydroxyl groups is 1. The number of ketones is 2. The number of aldehydes is 1. The molecule has 0 radical (unpaired) electrons. The Morgan fingerprint density at radius 3 is 2.39 bits per heavy atom. The van der Waals surface area contributed by atoms with Gasteiger partial charge in [-0.1, -0.05) is 40.2 Å². The zero-order valence-corrected chi connectivity index (χ0v) is 22.9. The maximum atomic E-state index is 17.6. The number of alkyl halides is 1. The molecule has 3 saturated carbocycles. The van der Waals surface area contributed by atoms with Gasteiger partial charge in [-0.15, -0.1) is 0 Å². The molecule has 0 amide bonds. The van der Waals surface area contributed by atoms with Crippen LogP contribution in [-0.4, -0.2) is 58.9 Å². The minimum absolute atomic E-state index is 0.0175. The molecule has 0 heterocycles. The standard InChI is InChI=1S/C29H39FO8/c1-6-24(35)37-15-23(34)29(38-25(36)7-2)16(3)10-20-19-9-8-18-11-21(32)17(14-31)12-26(18,4)28(19,30)22(33)13-27(20,29)5/h11,14,16-17,19-20,22,33H,6-10,12-13,15H2,1-5H3/t16-,17?,19-,20-,22-,26-,27-,28-,29?/m0/s1. The molecule has 4 aliphatic carbocycles. The van der Waals surface area contributed by atoms with Crippen LogP contribution in [0, 0.1) is 34.5 Å². The van der Waals surface area contributed by atoms with Crippen molar-refractivity contribution in [1.29, 1.82) is 0 Å². The highest BCUT2D eigenvalue weighted by Gasteiger charge is 2.77. The van der Waals surface area contributed by atoms with E-state index in [9.17, 15) is 29.1 Å². The number of carbonyl (C=O) groups is 5. The Morgan fingerprint density at radius 1 is 1.13 bits per heavy atom. The molecule has 3 fully saturated rings. The van der Waals surface area contributed by atoms with E-state index in [4.69, 9.17) is 9.47 Å². The third-order valence-corrected chi connectivity index (χ3v) is 10.5. The largest absolute Gasteiger partial charge is 0.457 e. The van der Waals surface area contributed by atoms with E-state index in [1.807, 2.05) is 0 Å². The molecular formula is C29H39FO8. The molecule has 0 spiro atoms. The van der Waals surface area contributed by atoms with E-state index in [1.165, 1.54) is 6.08 Å². The fraction of sp³-hybridized carbons (Fsp3) is 0.759. The van der Waals surface area contributed by atoms with E-state index in [0.29, 0.717) is 31.1 Å². The van der Waals surface area contributed by atoms with Crippen LogP contribution in [0.5, 0.6) is 0 Å². The number of rotatable bonds is 7. The highest BCUT2D eigenvalue weighted by Crippen LogP contribution is 2.72. The average molecular weight is 535 g/mol. The molecule has 0 aliphatic heterocycles. The van der Waals surface area contributed by atoms with Crippen LogP contribution in [-0.2, 0) is 33.4 Å². The van der Waals surface area contributed by atoms with Gasteiger partial charge in [-0.2, -0.15) is 0 Å². The van der Waals surface area contributed by atoms with Crippen molar-refractivity contribution in [1.82, 2.24) is 0 Å². The zero-order chi connectivity index (χ0) is 28.3. The van der Waals surface area contributed by atoms with Gasteiger partial charge < -0.3 is 19.4 Å². The quantitative estimate of drug-likeness (QED) is 0.299. The van der Waals surface area contributed by atoms with Gasteiger partial charge in [-0.05, 0) is 44.1 Å². The first-order valence-electron chi connectivity index (χ1n) is 13.7. The van der Waals surface area contributed by atoms with Gasteiger partial charge in [0.25, 0.3) is 0 Å². The molecule has 38 heavy (non-hydrogen) atoms.